The number of anilines is 2. The van der Waals surface area contributed by atoms with Crippen LogP contribution in [0.2, 0.25) is 10.0 Å². The first-order valence-electron chi connectivity index (χ1n) is 6.80. The van der Waals surface area contributed by atoms with Gasteiger partial charge in [0.05, 0.1) is 12.1 Å². The molecule has 24 heavy (non-hydrogen) atoms. The maximum atomic E-state index is 11.9. The molecule has 0 spiro atoms. The van der Waals surface area contributed by atoms with E-state index < -0.39 is 6.09 Å². The highest BCUT2D eigenvalue weighted by atomic mass is 35.5. The zero-order chi connectivity index (χ0) is 17.5. The predicted octanol–water partition coefficient (Wildman–Crippen LogP) is 4.19. The lowest BCUT2D eigenvalue weighted by molar-refractivity contribution is -0.118. The first kappa shape index (κ1) is 17.9. The second-order valence-electron chi connectivity index (χ2n) is 4.61. The molecule has 0 aromatic heterocycles. The van der Waals surface area contributed by atoms with Crippen molar-refractivity contribution in [1.29, 1.82) is 0 Å². The van der Waals surface area contributed by atoms with E-state index in [1.165, 1.54) is 13.2 Å². The second-order valence-corrected chi connectivity index (χ2v) is 5.45. The van der Waals surface area contributed by atoms with Gasteiger partial charge in [0.15, 0.2) is 6.61 Å². The summed E-state index contributed by atoms with van der Waals surface area (Å²) in [6.07, 6.45) is -0.571. The van der Waals surface area contributed by atoms with E-state index in [4.69, 9.17) is 27.9 Å². The quantitative estimate of drug-likeness (QED) is 0.829. The Balaban J connectivity index is 1.88. The van der Waals surface area contributed by atoms with Crippen LogP contribution in [0.25, 0.3) is 0 Å². The number of carbonyl (C=O) groups is 2. The van der Waals surface area contributed by atoms with Crippen LogP contribution in [-0.2, 0) is 9.53 Å². The maximum Gasteiger partial charge on any atom is 0.411 e. The number of benzene rings is 2. The largest absolute Gasteiger partial charge is 0.482 e. The number of carbonyl (C=O) groups excluding carboxylic acids is 2. The molecule has 0 aliphatic carbocycles. The van der Waals surface area contributed by atoms with E-state index in [-0.39, 0.29) is 12.5 Å². The molecule has 0 aliphatic rings. The minimum Gasteiger partial charge on any atom is -0.482 e. The lowest BCUT2D eigenvalue weighted by atomic mass is 10.3. The number of hydrogen-bond donors (Lipinski definition) is 2. The molecule has 0 aliphatic heterocycles. The zero-order valence-electron chi connectivity index (χ0n) is 12.6. The third-order valence-corrected chi connectivity index (χ3v) is 3.40. The third-order valence-electron chi connectivity index (χ3n) is 2.85. The molecule has 0 radical (unpaired) electrons. The summed E-state index contributed by atoms with van der Waals surface area (Å²) in [5, 5.41) is 5.99. The van der Waals surface area contributed by atoms with E-state index in [0.29, 0.717) is 27.2 Å². The Morgan fingerprint density at radius 2 is 1.62 bits per heavy atom. The van der Waals surface area contributed by atoms with Crippen LogP contribution in [-0.4, -0.2) is 25.7 Å². The van der Waals surface area contributed by atoms with Gasteiger partial charge in [-0.2, -0.15) is 0 Å². The van der Waals surface area contributed by atoms with Crippen LogP contribution in [0.5, 0.6) is 5.75 Å². The SMILES string of the molecule is COC(=O)Nc1ccc(NC(=O)COc2cc(Cl)ccc2Cl)cc1. The molecule has 126 valence electrons. The van der Waals surface area contributed by atoms with Crippen molar-refractivity contribution in [3.05, 3.63) is 52.5 Å². The molecule has 6 nitrogen and oxygen atoms in total. The molecule has 0 atom stereocenters. The second kappa shape index (κ2) is 8.42. The standard InChI is InChI=1S/C16H14Cl2N2O4/c1-23-16(22)20-12-5-3-11(4-6-12)19-15(21)9-24-14-8-10(17)2-7-13(14)18/h2-8H,9H2,1H3,(H,19,21)(H,20,22). The van der Waals surface area contributed by atoms with E-state index in [1.54, 1.807) is 36.4 Å². The van der Waals surface area contributed by atoms with Crippen molar-refractivity contribution in [2.75, 3.05) is 24.4 Å². The summed E-state index contributed by atoms with van der Waals surface area (Å²) in [7, 11) is 1.27. The molecular formula is C16H14Cl2N2O4. The summed E-state index contributed by atoms with van der Waals surface area (Å²) in [6, 6.07) is 11.3. The molecule has 2 aromatic carbocycles. The van der Waals surface area contributed by atoms with Gasteiger partial charge in [0.2, 0.25) is 0 Å². The van der Waals surface area contributed by atoms with Crippen molar-refractivity contribution in [2.45, 2.75) is 0 Å². The van der Waals surface area contributed by atoms with Gasteiger partial charge >= 0.3 is 6.09 Å². The van der Waals surface area contributed by atoms with Crippen LogP contribution in [0.4, 0.5) is 16.2 Å². The molecular weight excluding hydrogens is 355 g/mol. The van der Waals surface area contributed by atoms with Crippen LogP contribution in [0.3, 0.4) is 0 Å². The number of ether oxygens (including phenoxy) is 2. The van der Waals surface area contributed by atoms with Gasteiger partial charge < -0.3 is 14.8 Å². The highest BCUT2D eigenvalue weighted by Crippen LogP contribution is 2.27. The number of halogens is 2. The number of rotatable bonds is 5. The summed E-state index contributed by atoms with van der Waals surface area (Å²) in [5.41, 5.74) is 1.10. The molecule has 0 saturated carbocycles. The number of methoxy groups -OCH3 is 1. The lowest BCUT2D eigenvalue weighted by Crippen LogP contribution is -2.20. The fourth-order valence-corrected chi connectivity index (χ4v) is 2.07. The summed E-state index contributed by atoms with van der Waals surface area (Å²) in [4.78, 5) is 23.0. The Bertz CT molecular complexity index is 735. The van der Waals surface area contributed by atoms with Gasteiger partial charge in [0, 0.05) is 22.5 Å². The normalized spacial score (nSPS) is 9.96. The molecule has 0 bridgehead atoms. The summed E-state index contributed by atoms with van der Waals surface area (Å²) in [6.45, 7) is -0.220. The predicted molar refractivity (Wildman–Crippen MR) is 93.1 cm³/mol. The summed E-state index contributed by atoms with van der Waals surface area (Å²) < 4.78 is 9.82. The van der Waals surface area contributed by atoms with Crippen LogP contribution in [0.1, 0.15) is 0 Å². The van der Waals surface area contributed by atoms with E-state index in [1.807, 2.05) is 0 Å². The van der Waals surface area contributed by atoms with E-state index in [0.717, 1.165) is 0 Å². The zero-order valence-corrected chi connectivity index (χ0v) is 14.1. The smallest absolute Gasteiger partial charge is 0.411 e. The lowest BCUT2D eigenvalue weighted by Gasteiger charge is -2.10. The average molecular weight is 369 g/mol. The maximum absolute atomic E-state index is 11.9. The van der Waals surface area contributed by atoms with Crippen molar-refractivity contribution in [3.8, 4) is 5.75 Å². The number of hydrogen-bond acceptors (Lipinski definition) is 4. The Labute approximate surface area is 148 Å². The first-order valence-corrected chi connectivity index (χ1v) is 7.56. The van der Waals surface area contributed by atoms with Crippen molar-refractivity contribution >= 4 is 46.6 Å². The molecule has 0 heterocycles. The summed E-state index contributed by atoms with van der Waals surface area (Å²) >= 11 is 11.8. The molecule has 8 heteroatoms. The van der Waals surface area contributed by atoms with Crippen molar-refractivity contribution < 1.29 is 19.1 Å². The van der Waals surface area contributed by atoms with Crippen LogP contribution in [0, 0.1) is 0 Å². The van der Waals surface area contributed by atoms with E-state index in [9.17, 15) is 9.59 Å². The highest BCUT2D eigenvalue weighted by Gasteiger charge is 2.08. The summed E-state index contributed by atoms with van der Waals surface area (Å²) in [5.74, 6) is -0.0309. The monoisotopic (exact) mass is 368 g/mol. The van der Waals surface area contributed by atoms with Gasteiger partial charge in [0.1, 0.15) is 5.75 Å². The molecule has 2 N–H and O–H groups in total. The number of nitrogens with one attached hydrogen (secondary N) is 2. The first-order chi connectivity index (χ1) is 11.5. The fourth-order valence-electron chi connectivity index (χ4n) is 1.73. The van der Waals surface area contributed by atoms with Gasteiger partial charge in [-0.3, -0.25) is 10.1 Å². The Hall–Kier alpha value is -2.44. The molecule has 0 saturated heterocycles. The molecule has 0 fully saturated rings. The topological polar surface area (TPSA) is 76.7 Å². The Morgan fingerprint density at radius 3 is 2.25 bits per heavy atom. The molecule has 2 rings (SSSR count). The average Bonchev–Trinajstić information content (AvgIpc) is 2.57. The minimum absolute atomic E-state index is 0.220. The van der Waals surface area contributed by atoms with Gasteiger partial charge in [-0.25, -0.2) is 4.79 Å². The Kier molecular flexibility index (Phi) is 6.28. The molecule has 0 unspecified atom stereocenters. The van der Waals surface area contributed by atoms with Crippen molar-refractivity contribution in [1.82, 2.24) is 0 Å². The van der Waals surface area contributed by atoms with Crippen molar-refractivity contribution in [2.24, 2.45) is 0 Å². The van der Waals surface area contributed by atoms with Gasteiger partial charge in [0.25, 0.3) is 5.91 Å². The minimum atomic E-state index is -0.571. The van der Waals surface area contributed by atoms with Crippen LogP contribution >= 0.6 is 23.2 Å². The third kappa shape index (κ3) is 5.33. The van der Waals surface area contributed by atoms with Crippen molar-refractivity contribution in [3.63, 3.8) is 0 Å². The molecule has 2 amide bonds. The number of amides is 2. The Morgan fingerprint density at radius 1 is 1.00 bits per heavy atom. The molecule has 2 aromatic rings. The van der Waals surface area contributed by atoms with Crippen LogP contribution < -0.4 is 15.4 Å². The fraction of sp³-hybridized carbons (Fsp3) is 0.125. The van der Waals surface area contributed by atoms with Crippen LogP contribution in [0.15, 0.2) is 42.5 Å². The van der Waals surface area contributed by atoms with E-state index >= 15 is 0 Å². The van der Waals surface area contributed by atoms with Gasteiger partial charge in [-0.05, 0) is 36.4 Å². The van der Waals surface area contributed by atoms with Gasteiger partial charge in [-0.1, -0.05) is 23.2 Å². The van der Waals surface area contributed by atoms with Gasteiger partial charge in [-0.15, -0.1) is 0 Å². The highest BCUT2D eigenvalue weighted by molar-refractivity contribution is 6.34. The van der Waals surface area contributed by atoms with E-state index in [2.05, 4.69) is 15.4 Å².